The first-order chi connectivity index (χ1) is 9.31. The molecule has 2 heterocycles. The summed E-state index contributed by atoms with van der Waals surface area (Å²) in [7, 11) is 0. The van der Waals surface area contributed by atoms with Crippen LogP contribution in [-0.4, -0.2) is 30.8 Å². The number of piperidine rings is 1. The van der Waals surface area contributed by atoms with Crippen molar-refractivity contribution in [3.63, 3.8) is 0 Å². The Bertz CT molecular complexity index is 549. The minimum Gasteiger partial charge on any atom is -0.441 e. The van der Waals surface area contributed by atoms with Gasteiger partial charge < -0.3 is 14.5 Å². The molecular weight excluding hydrogens is 264 g/mol. The van der Waals surface area contributed by atoms with E-state index in [1.165, 1.54) is 0 Å². The average Bonchev–Trinajstić information content (AvgIpc) is 2.82. The molecule has 2 aromatic rings. The van der Waals surface area contributed by atoms with Gasteiger partial charge in [-0.15, -0.1) is 0 Å². The van der Waals surface area contributed by atoms with E-state index < -0.39 is 0 Å². The van der Waals surface area contributed by atoms with E-state index in [2.05, 4.69) is 10.3 Å². The Morgan fingerprint density at radius 3 is 3.05 bits per heavy atom. The second kappa shape index (κ2) is 5.90. The molecule has 1 N–H and O–H groups in total. The first kappa shape index (κ1) is 12.9. The van der Waals surface area contributed by atoms with E-state index in [0.717, 1.165) is 37.0 Å². The van der Waals surface area contributed by atoms with Gasteiger partial charge in [-0.3, -0.25) is 0 Å². The SMILES string of the molecule is Clc1ccc2nc(CCOC3CCNCC3)oc2c1. The predicted molar refractivity (Wildman–Crippen MR) is 74.6 cm³/mol. The highest BCUT2D eigenvalue weighted by atomic mass is 35.5. The van der Waals surface area contributed by atoms with Gasteiger partial charge in [0.15, 0.2) is 11.5 Å². The maximum absolute atomic E-state index is 5.92. The van der Waals surface area contributed by atoms with E-state index in [-0.39, 0.29) is 0 Å². The standard InChI is InChI=1S/C14H17ClN2O2/c15-10-1-2-12-13(9-10)19-14(17-12)5-8-18-11-3-6-16-7-4-11/h1-2,9,11,16H,3-8H2. The molecule has 0 radical (unpaired) electrons. The number of nitrogens with one attached hydrogen (secondary N) is 1. The van der Waals surface area contributed by atoms with Crippen LogP contribution in [0.25, 0.3) is 11.1 Å². The molecule has 0 amide bonds. The molecule has 102 valence electrons. The van der Waals surface area contributed by atoms with E-state index >= 15 is 0 Å². The molecule has 0 spiro atoms. The van der Waals surface area contributed by atoms with Crippen LogP contribution in [-0.2, 0) is 11.2 Å². The molecule has 0 saturated carbocycles. The Labute approximate surface area is 117 Å². The molecule has 5 heteroatoms. The van der Waals surface area contributed by atoms with E-state index in [9.17, 15) is 0 Å². The fourth-order valence-electron chi connectivity index (χ4n) is 2.33. The predicted octanol–water partition coefficient (Wildman–Crippen LogP) is 2.79. The van der Waals surface area contributed by atoms with Crippen LogP contribution in [0, 0.1) is 0 Å². The zero-order valence-electron chi connectivity index (χ0n) is 10.7. The van der Waals surface area contributed by atoms with Gasteiger partial charge in [-0.1, -0.05) is 11.6 Å². The third-order valence-electron chi connectivity index (χ3n) is 3.35. The zero-order valence-corrected chi connectivity index (χ0v) is 11.4. The lowest BCUT2D eigenvalue weighted by molar-refractivity contribution is 0.0328. The highest BCUT2D eigenvalue weighted by Gasteiger charge is 2.13. The van der Waals surface area contributed by atoms with Crippen molar-refractivity contribution in [3.05, 3.63) is 29.1 Å². The summed E-state index contributed by atoms with van der Waals surface area (Å²) >= 11 is 5.92. The molecule has 0 atom stereocenters. The van der Waals surface area contributed by atoms with Gasteiger partial charge in [-0.25, -0.2) is 4.98 Å². The van der Waals surface area contributed by atoms with Crippen molar-refractivity contribution < 1.29 is 9.15 Å². The monoisotopic (exact) mass is 280 g/mol. The van der Waals surface area contributed by atoms with Gasteiger partial charge in [0.2, 0.25) is 0 Å². The highest BCUT2D eigenvalue weighted by Crippen LogP contribution is 2.20. The Morgan fingerprint density at radius 1 is 1.37 bits per heavy atom. The third-order valence-corrected chi connectivity index (χ3v) is 3.59. The topological polar surface area (TPSA) is 47.3 Å². The summed E-state index contributed by atoms with van der Waals surface area (Å²) in [5.41, 5.74) is 1.59. The number of oxazole rings is 1. The van der Waals surface area contributed by atoms with Gasteiger partial charge in [0.05, 0.1) is 12.7 Å². The van der Waals surface area contributed by atoms with Crippen molar-refractivity contribution in [2.75, 3.05) is 19.7 Å². The molecule has 0 unspecified atom stereocenters. The van der Waals surface area contributed by atoms with E-state index in [1.54, 1.807) is 6.07 Å². The summed E-state index contributed by atoms with van der Waals surface area (Å²) in [5, 5.41) is 3.99. The molecule has 0 bridgehead atoms. The van der Waals surface area contributed by atoms with Gasteiger partial charge in [0, 0.05) is 17.5 Å². The maximum atomic E-state index is 5.92. The molecule has 1 aliphatic heterocycles. The summed E-state index contributed by atoms with van der Waals surface area (Å²) < 4.78 is 11.5. The lowest BCUT2D eigenvalue weighted by Crippen LogP contribution is -2.32. The molecular formula is C14H17ClN2O2. The van der Waals surface area contributed by atoms with Crippen molar-refractivity contribution in [3.8, 4) is 0 Å². The minimum absolute atomic E-state index is 0.375. The molecule has 0 aliphatic carbocycles. The van der Waals surface area contributed by atoms with Crippen molar-refractivity contribution >= 4 is 22.7 Å². The van der Waals surface area contributed by atoms with Crippen LogP contribution in [0.4, 0.5) is 0 Å². The highest BCUT2D eigenvalue weighted by molar-refractivity contribution is 6.31. The Morgan fingerprint density at radius 2 is 2.21 bits per heavy atom. The molecule has 1 aromatic carbocycles. The normalized spacial score (nSPS) is 17.1. The molecule has 3 rings (SSSR count). The fourth-order valence-corrected chi connectivity index (χ4v) is 2.49. The quantitative estimate of drug-likeness (QED) is 0.935. The number of aromatic nitrogens is 1. The van der Waals surface area contributed by atoms with E-state index in [1.807, 2.05) is 12.1 Å². The number of hydrogen-bond donors (Lipinski definition) is 1. The van der Waals surface area contributed by atoms with Crippen LogP contribution in [0.15, 0.2) is 22.6 Å². The van der Waals surface area contributed by atoms with E-state index in [4.69, 9.17) is 20.8 Å². The number of benzene rings is 1. The Balaban J connectivity index is 1.56. The Kier molecular flexibility index (Phi) is 4.01. The molecule has 1 saturated heterocycles. The molecule has 4 nitrogen and oxygen atoms in total. The number of hydrogen-bond acceptors (Lipinski definition) is 4. The van der Waals surface area contributed by atoms with Gasteiger partial charge in [-0.05, 0) is 38.1 Å². The number of nitrogens with zero attached hydrogens (tertiary/aromatic N) is 1. The minimum atomic E-state index is 0.375. The number of halogens is 1. The molecule has 1 aromatic heterocycles. The van der Waals surface area contributed by atoms with Crippen molar-refractivity contribution in [1.82, 2.24) is 10.3 Å². The second-order valence-corrected chi connectivity index (χ2v) is 5.23. The average molecular weight is 281 g/mol. The van der Waals surface area contributed by atoms with Crippen LogP contribution in [0.2, 0.25) is 5.02 Å². The summed E-state index contributed by atoms with van der Waals surface area (Å²) in [6, 6.07) is 5.49. The van der Waals surface area contributed by atoms with Crippen molar-refractivity contribution in [2.24, 2.45) is 0 Å². The molecule has 1 fully saturated rings. The van der Waals surface area contributed by atoms with E-state index in [0.29, 0.717) is 30.0 Å². The lowest BCUT2D eigenvalue weighted by Gasteiger charge is -2.22. The van der Waals surface area contributed by atoms with Gasteiger partial charge in [0.1, 0.15) is 5.52 Å². The second-order valence-electron chi connectivity index (χ2n) is 4.79. The summed E-state index contributed by atoms with van der Waals surface area (Å²) in [5.74, 6) is 0.714. The first-order valence-electron chi connectivity index (χ1n) is 6.68. The molecule has 1 aliphatic rings. The molecule has 19 heavy (non-hydrogen) atoms. The number of ether oxygens (including phenoxy) is 1. The summed E-state index contributed by atoms with van der Waals surface area (Å²) in [6.45, 7) is 2.75. The lowest BCUT2D eigenvalue weighted by atomic mass is 10.1. The Hall–Kier alpha value is -1.10. The van der Waals surface area contributed by atoms with Gasteiger partial charge in [0.25, 0.3) is 0 Å². The van der Waals surface area contributed by atoms with Gasteiger partial charge in [-0.2, -0.15) is 0 Å². The third kappa shape index (κ3) is 3.26. The van der Waals surface area contributed by atoms with Crippen LogP contribution < -0.4 is 5.32 Å². The van der Waals surface area contributed by atoms with Crippen LogP contribution in [0.3, 0.4) is 0 Å². The van der Waals surface area contributed by atoms with Crippen molar-refractivity contribution in [2.45, 2.75) is 25.4 Å². The first-order valence-corrected chi connectivity index (χ1v) is 7.06. The fraction of sp³-hybridized carbons (Fsp3) is 0.500. The largest absolute Gasteiger partial charge is 0.441 e. The van der Waals surface area contributed by atoms with Crippen molar-refractivity contribution in [1.29, 1.82) is 0 Å². The number of rotatable bonds is 4. The number of fused-ring (bicyclic) bond motifs is 1. The summed E-state index contributed by atoms with van der Waals surface area (Å²) in [6.07, 6.45) is 3.25. The maximum Gasteiger partial charge on any atom is 0.197 e. The van der Waals surface area contributed by atoms with Crippen LogP contribution in [0.1, 0.15) is 18.7 Å². The smallest absolute Gasteiger partial charge is 0.197 e. The van der Waals surface area contributed by atoms with Crippen LogP contribution in [0.5, 0.6) is 0 Å². The van der Waals surface area contributed by atoms with Gasteiger partial charge >= 0.3 is 0 Å². The zero-order chi connectivity index (χ0) is 13.1. The summed E-state index contributed by atoms with van der Waals surface area (Å²) in [4.78, 5) is 4.42. The van der Waals surface area contributed by atoms with Crippen LogP contribution >= 0.6 is 11.6 Å².